The van der Waals surface area contributed by atoms with Gasteiger partial charge in [-0.25, -0.2) is 9.97 Å². The molecule has 0 bridgehead atoms. The molecule has 0 saturated carbocycles. The van der Waals surface area contributed by atoms with Gasteiger partial charge in [-0.15, -0.1) is 0 Å². The second kappa shape index (κ2) is 9.31. The van der Waals surface area contributed by atoms with Crippen LogP contribution in [0.3, 0.4) is 0 Å². The Balaban J connectivity index is 1.56. The molecule has 0 fully saturated rings. The highest BCUT2D eigenvalue weighted by Gasteiger charge is 2.47. The molecule has 4 N–H and O–H groups in total. The van der Waals surface area contributed by atoms with Crippen molar-refractivity contribution in [2.75, 3.05) is 11.1 Å². The van der Waals surface area contributed by atoms with Crippen molar-refractivity contribution < 1.29 is 14.7 Å². The summed E-state index contributed by atoms with van der Waals surface area (Å²) >= 11 is 0. The van der Waals surface area contributed by atoms with Crippen LogP contribution in [-0.2, 0) is 28.0 Å². The summed E-state index contributed by atoms with van der Waals surface area (Å²) in [5.41, 5.74) is 10.4. The van der Waals surface area contributed by atoms with Gasteiger partial charge in [-0.2, -0.15) is 5.10 Å². The summed E-state index contributed by atoms with van der Waals surface area (Å²) in [4.78, 5) is 33.6. The number of anilines is 2. The average Bonchev–Trinajstić information content (AvgIpc) is 3.36. The molecule has 5 rings (SSSR count). The van der Waals surface area contributed by atoms with E-state index < -0.39 is 11.4 Å². The van der Waals surface area contributed by atoms with E-state index in [9.17, 15) is 9.59 Å². The zero-order chi connectivity index (χ0) is 26.3. The standard InChI is InChI=1S/C28H30N6O3/c1-4-5-14-34-20-15-16(2)6-12-19(20)23(33-34)26-30-24(29)22-25(31-26)32-27(37)28(22,3)18-10-7-17(8-11-18)9-13-21(35)36/h6-8,10-12,15H,4-5,9,13-14H2,1-3H3,(H,35,36)(H3,29,30,31,32,37)/t28-/m0/s1. The van der Waals surface area contributed by atoms with Crippen molar-refractivity contribution >= 4 is 34.4 Å². The van der Waals surface area contributed by atoms with Crippen molar-refractivity contribution in [1.29, 1.82) is 0 Å². The lowest BCUT2D eigenvalue weighted by Crippen LogP contribution is -2.33. The van der Waals surface area contributed by atoms with Gasteiger partial charge in [0.15, 0.2) is 5.82 Å². The maximum absolute atomic E-state index is 13.3. The largest absolute Gasteiger partial charge is 0.481 e. The zero-order valence-corrected chi connectivity index (χ0v) is 21.2. The lowest BCUT2D eigenvalue weighted by atomic mass is 9.77. The second-order valence-electron chi connectivity index (χ2n) is 9.77. The maximum atomic E-state index is 13.3. The quantitative estimate of drug-likeness (QED) is 0.326. The molecule has 37 heavy (non-hydrogen) atoms. The van der Waals surface area contributed by atoms with Gasteiger partial charge in [-0.3, -0.25) is 14.3 Å². The molecule has 2 aromatic carbocycles. The van der Waals surface area contributed by atoms with E-state index in [0.29, 0.717) is 29.3 Å². The van der Waals surface area contributed by atoms with Gasteiger partial charge in [-0.05, 0) is 49.4 Å². The Labute approximate surface area is 214 Å². The summed E-state index contributed by atoms with van der Waals surface area (Å²) in [5.74, 6) is -0.117. The Morgan fingerprint density at radius 3 is 2.62 bits per heavy atom. The van der Waals surface area contributed by atoms with Crippen LogP contribution in [0.4, 0.5) is 11.6 Å². The van der Waals surface area contributed by atoms with Crippen LogP contribution in [0.1, 0.15) is 55.4 Å². The van der Waals surface area contributed by atoms with E-state index >= 15 is 0 Å². The molecule has 0 radical (unpaired) electrons. The van der Waals surface area contributed by atoms with Gasteiger partial charge < -0.3 is 16.2 Å². The van der Waals surface area contributed by atoms with E-state index in [1.807, 2.05) is 41.1 Å². The van der Waals surface area contributed by atoms with Crippen LogP contribution >= 0.6 is 0 Å². The van der Waals surface area contributed by atoms with Crippen LogP contribution in [0.25, 0.3) is 22.4 Å². The van der Waals surface area contributed by atoms with Crippen LogP contribution in [-0.4, -0.2) is 36.7 Å². The van der Waals surface area contributed by atoms with E-state index in [-0.39, 0.29) is 18.1 Å². The number of amides is 1. The summed E-state index contributed by atoms with van der Waals surface area (Å²) < 4.78 is 1.99. The summed E-state index contributed by atoms with van der Waals surface area (Å²) in [5, 5.41) is 17.6. The Morgan fingerprint density at radius 1 is 1.16 bits per heavy atom. The molecule has 0 spiro atoms. The van der Waals surface area contributed by atoms with Crippen LogP contribution in [0.2, 0.25) is 0 Å². The van der Waals surface area contributed by atoms with Gasteiger partial charge in [0.1, 0.15) is 22.7 Å². The van der Waals surface area contributed by atoms with Crippen LogP contribution in [0.5, 0.6) is 0 Å². The van der Waals surface area contributed by atoms with Crippen molar-refractivity contribution in [3.05, 3.63) is 64.7 Å². The van der Waals surface area contributed by atoms with E-state index in [0.717, 1.165) is 47.0 Å². The minimum absolute atomic E-state index is 0.0476. The van der Waals surface area contributed by atoms with Crippen molar-refractivity contribution in [1.82, 2.24) is 19.7 Å². The zero-order valence-electron chi connectivity index (χ0n) is 21.2. The number of benzene rings is 2. The van der Waals surface area contributed by atoms with Crippen LogP contribution in [0, 0.1) is 6.92 Å². The number of aryl methyl sites for hydroxylation is 3. The van der Waals surface area contributed by atoms with Crippen molar-refractivity contribution in [2.45, 2.75) is 58.4 Å². The number of aliphatic carboxylic acids is 1. The molecular formula is C28H30N6O3. The first-order valence-corrected chi connectivity index (χ1v) is 12.5. The fraction of sp³-hybridized carbons (Fsp3) is 0.321. The molecule has 1 aliphatic rings. The van der Waals surface area contributed by atoms with Crippen LogP contribution in [0.15, 0.2) is 42.5 Å². The van der Waals surface area contributed by atoms with Crippen molar-refractivity contribution in [3.8, 4) is 11.5 Å². The third-order valence-corrected chi connectivity index (χ3v) is 7.12. The average molecular weight is 499 g/mol. The number of carbonyl (C=O) groups is 2. The number of rotatable bonds is 8. The fourth-order valence-electron chi connectivity index (χ4n) is 4.97. The van der Waals surface area contributed by atoms with E-state index in [1.54, 1.807) is 6.92 Å². The highest BCUT2D eigenvalue weighted by molar-refractivity contribution is 6.09. The van der Waals surface area contributed by atoms with Gasteiger partial charge in [0.25, 0.3) is 0 Å². The number of carbonyl (C=O) groups excluding carboxylic acids is 1. The van der Waals surface area contributed by atoms with Gasteiger partial charge in [-0.1, -0.05) is 49.7 Å². The summed E-state index contributed by atoms with van der Waals surface area (Å²) in [6, 6.07) is 13.5. The number of hydrogen-bond acceptors (Lipinski definition) is 6. The number of aromatic nitrogens is 4. The lowest BCUT2D eigenvalue weighted by molar-refractivity contribution is -0.137. The Hall–Kier alpha value is -4.27. The molecule has 2 aromatic heterocycles. The first kappa shape index (κ1) is 24.4. The summed E-state index contributed by atoms with van der Waals surface area (Å²) in [6.45, 7) is 6.78. The van der Waals surface area contributed by atoms with E-state index in [4.69, 9.17) is 20.9 Å². The molecule has 1 amide bonds. The molecule has 0 unspecified atom stereocenters. The first-order chi connectivity index (χ1) is 17.7. The number of nitrogens with one attached hydrogen (secondary N) is 1. The molecule has 1 atom stereocenters. The Bertz CT molecular complexity index is 1530. The van der Waals surface area contributed by atoms with Gasteiger partial charge in [0.05, 0.1) is 11.1 Å². The van der Waals surface area contributed by atoms with Gasteiger partial charge >= 0.3 is 5.97 Å². The predicted octanol–water partition coefficient (Wildman–Crippen LogP) is 4.46. The lowest BCUT2D eigenvalue weighted by Gasteiger charge is -2.23. The normalized spacial score (nSPS) is 16.7. The number of hydrogen-bond donors (Lipinski definition) is 3. The highest BCUT2D eigenvalue weighted by atomic mass is 16.4. The monoisotopic (exact) mass is 498 g/mol. The predicted molar refractivity (Wildman–Crippen MR) is 142 cm³/mol. The third-order valence-electron chi connectivity index (χ3n) is 7.12. The van der Waals surface area contributed by atoms with Crippen molar-refractivity contribution in [3.63, 3.8) is 0 Å². The SMILES string of the molecule is CCCCn1nc(-c2nc(N)c3c(n2)NC(=O)[C@@]3(C)c2ccc(CCC(=O)O)cc2)c2ccc(C)cc21. The molecule has 0 saturated heterocycles. The van der Waals surface area contributed by atoms with Gasteiger partial charge in [0.2, 0.25) is 5.91 Å². The fourth-order valence-corrected chi connectivity index (χ4v) is 4.97. The highest BCUT2D eigenvalue weighted by Crippen LogP contribution is 2.45. The number of carboxylic acid groups (broad SMARTS) is 1. The number of carboxylic acids is 1. The topological polar surface area (TPSA) is 136 Å². The van der Waals surface area contributed by atoms with Crippen molar-refractivity contribution in [2.24, 2.45) is 0 Å². The molecule has 9 heteroatoms. The molecule has 1 aliphatic heterocycles. The molecule has 0 aliphatic carbocycles. The first-order valence-electron chi connectivity index (χ1n) is 12.5. The molecule has 4 aromatic rings. The summed E-state index contributed by atoms with van der Waals surface area (Å²) in [6.07, 6.45) is 2.52. The molecule has 190 valence electrons. The maximum Gasteiger partial charge on any atom is 0.303 e. The minimum Gasteiger partial charge on any atom is -0.481 e. The second-order valence-corrected chi connectivity index (χ2v) is 9.77. The smallest absolute Gasteiger partial charge is 0.303 e. The third kappa shape index (κ3) is 4.20. The number of nitrogen functional groups attached to an aromatic ring is 1. The minimum atomic E-state index is -1.08. The van der Waals surface area contributed by atoms with E-state index in [2.05, 4.69) is 30.2 Å². The number of nitrogens with two attached hydrogens (primary N) is 1. The van der Waals surface area contributed by atoms with Gasteiger partial charge in [0, 0.05) is 18.4 Å². The molecule has 9 nitrogen and oxygen atoms in total. The molecular weight excluding hydrogens is 468 g/mol. The van der Waals surface area contributed by atoms with E-state index in [1.165, 1.54) is 0 Å². The molecule has 3 heterocycles. The Kier molecular flexibility index (Phi) is 6.15. The summed E-state index contributed by atoms with van der Waals surface area (Å²) in [7, 11) is 0. The van der Waals surface area contributed by atoms with Crippen LogP contribution < -0.4 is 11.1 Å². The number of unbranched alkanes of at least 4 members (excludes halogenated alkanes) is 1. The number of nitrogens with zero attached hydrogens (tertiary/aromatic N) is 4. The Morgan fingerprint density at radius 2 is 1.92 bits per heavy atom. The number of fused-ring (bicyclic) bond motifs is 2.